The highest BCUT2D eigenvalue weighted by Crippen LogP contribution is 2.28. The second kappa shape index (κ2) is 9.57. The molecular weight excluding hydrogens is 424 g/mol. The van der Waals surface area contributed by atoms with E-state index in [-0.39, 0.29) is 5.78 Å². The fourth-order valence-corrected chi connectivity index (χ4v) is 4.71. The predicted octanol–water partition coefficient (Wildman–Crippen LogP) is 4.97. The molecule has 34 heavy (non-hydrogen) atoms. The Bertz CT molecular complexity index is 1340. The number of anilines is 1. The molecule has 0 fully saturated rings. The van der Waals surface area contributed by atoms with Crippen molar-refractivity contribution in [1.29, 1.82) is 0 Å². The number of fused-ring (bicyclic) bond motifs is 2. The van der Waals surface area contributed by atoms with Crippen LogP contribution in [0.15, 0.2) is 85.1 Å². The Hall–Kier alpha value is -3.83. The van der Waals surface area contributed by atoms with E-state index in [0.717, 1.165) is 35.2 Å². The monoisotopic (exact) mass is 452 g/mol. The molecule has 5 heteroatoms. The van der Waals surface area contributed by atoms with Gasteiger partial charge < -0.3 is 19.3 Å². The Kier molecular flexibility index (Phi) is 6.19. The lowest BCUT2D eigenvalue weighted by atomic mass is 10.1. The number of ether oxygens (including phenoxy) is 1. The van der Waals surface area contributed by atoms with Crippen LogP contribution in [0.3, 0.4) is 0 Å². The molecule has 0 aliphatic carbocycles. The van der Waals surface area contributed by atoms with Gasteiger partial charge in [0.25, 0.3) is 0 Å². The summed E-state index contributed by atoms with van der Waals surface area (Å²) < 4.78 is 7.25. The smallest absolute Gasteiger partial charge is 0.185 e. The van der Waals surface area contributed by atoms with Crippen LogP contribution in [0.25, 0.3) is 17.0 Å². The van der Waals surface area contributed by atoms with Gasteiger partial charge in [0.1, 0.15) is 5.75 Å². The minimum atomic E-state index is -0.514. The summed E-state index contributed by atoms with van der Waals surface area (Å²) in [4.78, 5) is 14.9. The number of aliphatic hydroxyl groups excluding tert-OH is 1. The Morgan fingerprint density at radius 1 is 1.03 bits per heavy atom. The van der Waals surface area contributed by atoms with Crippen molar-refractivity contribution in [3.05, 3.63) is 102 Å². The number of benzene rings is 3. The van der Waals surface area contributed by atoms with Crippen LogP contribution in [-0.4, -0.2) is 41.8 Å². The average Bonchev–Trinajstić information content (AvgIpc) is 3.44. The van der Waals surface area contributed by atoms with Gasteiger partial charge in [-0.15, -0.1) is 0 Å². The molecule has 1 aliphatic rings. The maximum atomic E-state index is 12.7. The van der Waals surface area contributed by atoms with Crippen molar-refractivity contribution in [1.82, 2.24) is 4.57 Å². The van der Waals surface area contributed by atoms with Crippen LogP contribution >= 0.6 is 0 Å². The SMILES string of the molecule is COc1ccc(C(=O)/C=C\c2cn(C[C@@H](O)CN3CCc4ccccc43)c3ccccc23)cc1. The highest BCUT2D eigenvalue weighted by Gasteiger charge is 2.21. The predicted molar refractivity (Wildman–Crippen MR) is 137 cm³/mol. The summed E-state index contributed by atoms with van der Waals surface area (Å²) in [7, 11) is 1.60. The minimum absolute atomic E-state index is 0.0628. The van der Waals surface area contributed by atoms with Gasteiger partial charge in [-0.25, -0.2) is 0 Å². The van der Waals surface area contributed by atoms with E-state index in [2.05, 4.69) is 39.8 Å². The van der Waals surface area contributed by atoms with E-state index in [1.54, 1.807) is 37.5 Å². The Morgan fingerprint density at radius 2 is 1.79 bits per heavy atom. The normalized spacial score (nSPS) is 14.0. The molecule has 5 rings (SSSR count). The number of nitrogens with zero attached hydrogens (tertiary/aromatic N) is 2. The number of rotatable bonds is 8. The molecule has 0 saturated carbocycles. The van der Waals surface area contributed by atoms with Gasteiger partial charge in [-0.3, -0.25) is 4.79 Å². The summed E-state index contributed by atoms with van der Waals surface area (Å²) in [5, 5.41) is 12.0. The third-order valence-corrected chi connectivity index (χ3v) is 6.43. The summed E-state index contributed by atoms with van der Waals surface area (Å²) in [6.07, 6.45) is 5.98. The molecule has 1 aromatic heterocycles. The van der Waals surface area contributed by atoms with Gasteiger partial charge in [-0.2, -0.15) is 0 Å². The zero-order valence-electron chi connectivity index (χ0n) is 19.2. The highest BCUT2D eigenvalue weighted by atomic mass is 16.5. The molecule has 1 aliphatic heterocycles. The summed E-state index contributed by atoms with van der Waals surface area (Å²) in [5.41, 5.74) is 5.17. The quantitative estimate of drug-likeness (QED) is 0.303. The number of para-hydroxylation sites is 2. The fourth-order valence-electron chi connectivity index (χ4n) is 4.71. The molecule has 4 aromatic rings. The Labute approximate surface area is 199 Å². The standard InChI is InChI=1S/C29H28N2O3/c1-34-25-13-10-22(11-14-25)29(33)15-12-23-18-31(28-9-5-3-7-26(23)28)20-24(32)19-30-17-16-21-6-2-4-8-27(21)30/h2-15,18,24,32H,16-17,19-20H2,1H3/b15-12-/t24-/m0/s1. The van der Waals surface area contributed by atoms with Gasteiger partial charge in [-0.05, 0) is 60.5 Å². The van der Waals surface area contributed by atoms with Crippen LogP contribution in [0.5, 0.6) is 5.75 Å². The molecule has 0 amide bonds. The lowest BCUT2D eigenvalue weighted by Gasteiger charge is -2.23. The maximum Gasteiger partial charge on any atom is 0.185 e. The average molecular weight is 453 g/mol. The van der Waals surface area contributed by atoms with Crippen molar-refractivity contribution < 1.29 is 14.6 Å². The summed E-state index contributed by atoms with van der Waals surface area (Å²) in [6, 6.07) is 23.6. The van der Waals surface area contributed by atoms with E-state index in [1.807, 2.05) is 30.5 Å². The van der Waals surface area contributed by atoms with Crippen molar-refractivity contribution >= 4 is 28.4 Å². The van der Waals surface area contributed by atoms with Gasteiger partial charge >= 0.3 is 0 Å². The van der Waals surface area contributed by atoms with E-state index in [0.29, 0.717) is 18.7 Å². The number of aliphatic hydroxyl groups is 1. The fraction of sp³-hybridized carbons (Fsp3) is 0.207. The first-order valence-corrected chi connectivity index (χ1v) is 11.6. The van der Waals surface area contributed by atoms with Crippen LogP contribution in [0, 0.1) is 0 Å². The van der Waals surface area contributed by atoms with Gasteiger partial charge in [0.2, 0.25) is 0 Å². The van der Waals surface area contributed by atoms with E-state index in [1.165, 1.54) is 11.3 Å². The number of carbonyl (C=O) groups excluding carboxylic acids is 1. The van der Waals surface area contributed by atoms with Crippen LogP contribution in [0.2, 0.25) is 0 Å². The third-order valence-electron chi connectivity index (χ3n) is 6.43. The molecule has 0 unspecified atom stereocenters. The summed E-state index contributed by atoms with van der Waals surface area (Å²) >= 11 is 0. The molecule has 5 nitrogen and oxygen atoms in total. The Morgan fingerprint density at radius 3 is 2.62 bits per heavy atom. The minimum Gasteiger partial charge on any atom is -0.497 e. The molecule has 0 radical (unpaired) electrons. The summed E-state index contributed by atoms with van der Waals surface area (Å²) in [6.45, 7) is 2.01. The molecule has 172 valence electrons. The number of carbonyl (C=O) groups is 1. The van der Waals surface area contributed by atoms with Crippen molar-refractivity contribution in [2.75, 3.05) is 25.1 Å². The second-order valence-electron chi connectivity index (χ2n) is 8.66. The number of ketones is 1. The van der Waals surface area contributed by atoms with Crippen LogP contribution < -0.4 is 9.64 Å². The molecule has 1 N–H and O–H groups in total. The van der Waals surface area contributed by atoms with Crippen LogP contribution in [-0.2, 0) is 13.0 Å². The van der Waals surface area contributed by atoms with Crippen molar-refractivity contribution in [2.24, 2.45) is 0 Å². The van der Waals surface area contributed by atoms with E-state index < -0.39 is 6.10 Å². The first kappa shape index (κ1) is 22.0. The highest BCUT2D eigenvalue weighted by molar-refractivity contribution is 6.07. The van der Waals surface area contributed by atoms with Gasteiger partial charge in [0.05, 0.1) is 19.8 Å². The van der Waals surface area contributed by atoms with E-state index in [4.69, 9.17) is 4.74 Å². The van der Waals surface area contributed by atoms with Gasteiger partial charge in [0.15, 0.2) is 5.78 Å². The van der Waals surface area contributed by atoms with Crippen molar-refractivity contribution in [2.45, 2.75) is 19.1 Å². The number of hydrogen-bond acceptors (Lipinski definition) is 4. The molecule has 2 heterocycles. The topological polar surface area (TPSA) is 54.7 Å². The number of methoxy groups -OCH3 is 1. The van der Waals surface area contributed by atoms with Crippen molar-refractivity contribution in [3.63, 3.8) is 0 Å². The zero-order chi connectivity index (χ0) is 23.5. The number of allylic oxidation sites excluding steroid dienone is 1. The molecular formula is C29H28N2O3. The number of β-amino-alcohol motifs (C(OH)–C–C–N with tert-alkyl or cyclic N) is 1. The lowest BCUT2D eigenvalue weighted by Crippen LogP contribution is -2.33. The molecule has 0 saturated heterocycles. The summed E-state index contributed by atoms with van der Waals surface area (Å²) in [5.74, 6) is 0.659. The van der Waals surface area contributed by atoms with Crippen LogP contribution in [0.4, 0.5) is 5.69 Å². The molecule has 0 bridgehead atoms. The maximum absolute atomic E-state index is 12.7. The van der Waals surface area contributed by atoms with E-state index in [9.17, 15) is 9.90 Å². The van der Waals surface area contributed by atoms with Crippen LogP contribution in [0.1, 0.15) is 21.5 Å². The second-order valence-corrected chi connectivity index (χ2v) is 8.66. The van der Waals surface area contributed by atoms with Crippen molar-refractivity contribution in [3.8, 4) is 5.75 Å². The van der Waals surface area contributed by atoms with Gasteiger partial charge in [0, 0.05) is 47.0 Å². The number of hydrogen-bond donors (Lipinski definition) is 1. The third kappa shape index (κ3) is 4.47. The molecule has 1 atom stereocenters. The largest absolute Gasteiger partial charge is 0.497 e. The van der Waals surface area contributed by atoms with Gasteiger partial charge in [-0.1, -0.05) is 36.4 Å². The molecule has 0 spiro atoms. The van der Waals surface area contributed by atoms with E-state index >= 15 is 0 Å². The Balaban J connectivity index is 1.33. The first-order valence-electron chi connectivity index (χ1n) is 11.6. The molecule has 3 aromatic carbocycles. The zero-order valence-corrected chi connectivity index (χ0v) is 19.2. The first-order chi connectivity index (χ1) is 16.6. The lowest BCUT2D eigenvalue weighted by molar-refractivity contribution is 0.104. The number of aromatic nitrogens is 1.